The highest BCUT2D eigenvalue weighted by atomic mass is 16.5. The molecule has 0 aromatic heterocycles. The predicted molar refractivity (Wildman–Crippen MR) is 69.9 cm³/mol. The Hall–Kier alpha value is -1.88. The van der Waals surface area contributed by atoms with Crippen molar-refractivity contribution in [3.8, 4) is 0 Å². The molecule has 102 valence electrons. The third-order valence-electron chi connectivity index (χ3n) is 3.32. The molecular formula is C14H18N2O3. The number of hydrogen-bond donors (Lipinski definition) is 1. The lowest BCUT2D eigenvalue weighted by atomic mass is 10.1. The van der Waals surface area contributed by atoms with Crippen LogP contribution < -0.4 is 5.73 Å². The maximum Gasteiger partial charge on any atom is 0.223 e. The molecule has 1 saturated heterocycles. The van der Waals surface area contributed by atoms with Gasteiger partial charge in [-0.2, -0.15) is 0 Å². The van der Waals surface area contributed by atoms with Crippen LogP contribution in [0.15, 0.2) is 24.3 Å². The molecule has 1 heterocycles. The third kappa shape index (κ3) is 3.32. The molecule has 1 atom stereocenters. The van der Waals surface area contributed by atoms with Crippen LogP contribution >= 0.6 is 0 Å². The van der Waals surface area contributed by atoms with Crippen LogP contribution in [0.5, 0.6) is 0 Å². The van der Waals surface area contributed by atoms with E-state index in [0.29, 0.717) is 19.7 Å². The van der Waals surface area contributed by atoms with E-state index >= 15 is 0 Å². The molecule has 0 aliphatic carbocycles. The Morgan fingerprint density at radius 1 is 1.37 bits per heavy atom. The average molecular weight is 262 g/mol. The smallest absolute Gasteiger partial charge is 0.223 e. The minimum absolute atomic E-state index is 0.00947. The van der Waals surface area contributed by atoms with E-state index in [2.05, 4.69) is 0 Å². The average Bonchev–Trinajstić information content (AvgIpc) is 2.74. The third-order valence-corrected chi connectivity index (χ3v) is 3.32. The van der Waals surface area contributed by atoms with E-state index in [1.807, 2.05) is 24.3 Å². The molecule has 5 heteroatoms. The highest BCUT2D eigenvalue weighted by Gasteiger charge is 2.32. The number of primary amides is 1. The predicted octanol–water partition coefficient (Wildman–Crippen LogP) is 0.667. The van der Waals surface area contributed by atoms with E-state index in [4.69, 9.17) is 10.5 Å². The van der Waals surface area contributed by atoms with Gasteiger partial charge in [-0.3, -0.25) is 9.59 Å². The number of nitrogens with two attached hydrogens (primary N) is 1. The van der Waals surface area contributed by atoms with Crippen LogP contribution in [0.4, 0.5) is 0 Å². The molecule has 0 radical (unpaired) electrons. The number of carbonyl (C=O) groups excluding carboxylic acids is 2. The molecule has 0 bridgehead atoms. The van der Waals surface area contributed by atoms with E-state index in [-0.39, 0.29) is 18.2 Å². The molecule has 1 aliphatic heterocycles. The Bertz CT molecular complexity index is 470. The van der Waals surface area contributed by atoms with Crippen molar-refractivity contribution in [2.24, 2.45) is 11.7 Å². The van der Waals surface area contributed by atoms with Crippen LogP contribution in [0, 0.1) is 5.92 Å². The quantitative estimate of drug-likeness (QED) is 0.847. The summed E-state index contributed by atoms with van der Waals surface area (Å²) in [5.41, 5.74) is 7.37. The highest BCUT2D eigenvalue weighted by Crippen LogP contribution is 2.20. The van der Waals surface area contributed by atoms with Gasteiger partial charge in [0, 0.05) is 26.6 Å². The van der Waals surface area contributed by atoms with Gasteiger partial charge in [-0.05, 0) is 11.1 Å². The van der Waals surface area contributed by atoms with Gasteiger partial charge < -0.3 is 15.4 Å². The van der Waals surface area contributed by atoms with Crippen molar-refractivity contribution in [1.82, 2.24) is 4.90 Å². The zero-order valence-electron chi connectivity index (χ0n) is 11.0. The molecule has 0 saturated carbocycles. The molecule has 2 amide bonds. The fourth-order valence-corrected chi connectivity index (χ4v) is 2.24. The summed E-state index contributed by atoms with van der Waals surface area (Å²) in [4.78, 5) is 24.5. The van der Waals surface area contributed by atoms with Crippen LogP contribution in [0.2, 0.25) is 0 Å². The number of rotatable bonds is 5. The van der Waals surface area contributed by atoms with Gasteiger partial charge in [0.15, 0.2) is 0 Å². The molecule has 1 aromatic carbocycles. The van der Waals surface area contributed by atoms with E-state index in [1.165, 1.54) is 0 Å². The molecule has 1 unspecified atom stereocenters. The van der Waals surface area contributed by atoms with Gasteiger partial charge in [0.1, 0.15) is 0 Å². The summed E-state index contributed by atoms with van der Waals surface area (Å²) in [5, 5.41) is 0. The molecule has 1 aliphatic rings. The van der Waals surface area contributed by atoms with Crippen molar-refractivity contribution in [2.45, 2.75) is 19.6 Å². The monoisotopic (exact) mass is 262 g/mol. The van der Waals surface area contributed by atoms with Crippen molar-refractivity contribution in [1.29, 1.82) is 0 Å². The van der Waals surface area contributed by atoms with E-state index in [9.17, 15) is 9.59 Å². The number of benzene rings is 1. The summed E-state index contributed by atoms with van der Waals surface area (Å²) in [6.45, 7) is 1.52. The first kappa shape index (κ1) is 13.5. The van der Waals surface area contributed by atoms with Gasteiger partial charge in [0.25, 0.3) is 0 Å². The lowest BCUT2D eigenvalue weighted by Gasteiger charge is -2.16. The fraction of sp³-hybridized carbons (Fsp3) is 0.429. The number of hydrogen-bond acceptors (Lipinski definition) is 3. The number of ether oxygens (including phenoxy) is 1. The van der Waals surface area contributed by atoms with Gasteiger partial charge in [0.05, 0.1) is 12.5 Å². The van der Waals surface area contributed by atoms with Gasteiger partial charge in [0.2, 0.25) is 11.8 Å². The molecule has 0 spiro atoms. The Balaban J connectivity index is 1.97. The topological polar surface area (TPSA) is 72.6 Å². The van der Waals surface area contributed by atoms with Gasteiger partial charge in [-0.25, -0.2) is 0 Å². The Kier molecular flexibility index (Phi) is 4.16. The first-order chi connectivity index (χ1) is 9.10. The molecule has 19 heavy (non-hydrogen) atoms. The molecular weight excluding hydrogens is 244 g/mol. The second kappa shape index (κ2) is 5.84. The normalized spacial score (nSPS) is 18.9. The number of nitrogens with zero attached hydrogens (tertiary/aromatic N) is 1. The number of amides is 2. The first-order valence-electron chi connectivity index (χ1n) is 6.24. The van der Waals surface area contributed by atoms with Crippen LogP contribution in [-0.4, -0.2) is 30.4 Å². The Morgan fingerprint density at radius 3 is 2.53 bits per heavy atom. The van der Waals surface area contributed by atoms with Gasteiger partial charge in [-0.1, -0.05) is 24.3 Å². The zero-order valence-corrected chi connectivity index (χ0v) is 11.0. The van der Waals surface area contributed by atoms with Gasteiger partial charge in [-0.15, -0.1) is 0 Å². The number of likely N-dealkylation sites (tertiary alicyclic amines) is 1. The number of methoxy groups -OCH3 is 1. The van der Waals surface area contributed by atoms with Crippen LogP contribution in [0.3, 0.4) is 0 Å². The summed E-state index contributed by atoms with van der Waals surface area (Å²) in [6.07, 6.45) is 0.233. The molecule has 5 nitrogen and oxygen atoms in total. The summed E-state index contributed by atoms with van der Waals surface area (Å²) in [6, 6.07) is 7.90. The highest BCUT2D eigenvalue weighted by molar-refractivity contribution is 5.88. The maximum atomic E-state index is 11.8. The van der Waals surface area contributed by atoms with Crippen molar-refractivity contribution >= 4 is 11.8 Å². The summed E-state index contributed by atoms with van der Waals surface area (Å²) < 4.78 is 5.04. The number of carbonyl (C=O) groups is 2. The summed E-state index contributed by atoms with van der Waals surface area (Å²) in [5.74, 6) is -0.753. The Morgan fingerprint density at radius 2 is 2.00 bits per heavy atom. The second-order valence-corrected chi connectivity index (χ2v) is 4.83. The molecule has 1 aromatic rings. The standard InChI is InChI=1S/C14H18N2O3/c1-19-9-11-4-2-10(3-5-11)7-16-8-12(14(15)18)6-13(16)17/h2-5,12H,6-9H2,1H3,(H2,15,18). The molecule has 2 N–H and O–H groups in total. The summed E-state index contributed by atoms with van der Waals surface area (Å²) in [7, 11) is 1.65. The molecule has 2 rings (SSSR count). The largest absolute Gasteiger partial charge is 0.380 e. The van der Waals surface area contributed by atoms with Crippen molar-refractivity contribution in [3.05, 3.63) is 35.4 Å². The minimum Gasteiger partial charge on any atom is -0.380 e. The van der Waals surface area contributed by atoms with Crippen molar-refractivity contribution < 1.29 is 14.3 Å². The summed E-state index contributed by atoms with van der Waals surface area (Å²) >= 11 is 0. The van der Waals surface area contributed by atoms with E-state index in [0.717, 1.165) is 11.1 Å². The fourth-order valence-electron chi connectivity index (χ4n) is 2.24. The maximum absolute atomic E-state index is 11.8. The molecule has 1 fully saturated rings. The second-order valence-electron chi connectivity index (χ2n) is 4.83. The van der Waals surface area contributed by atoms with Crippen LogP contribution in [0.25, 0.3) is 0 Å². The van der Waals surface area contributed by atoms with E-state index in [1.54, 1.807) is 12.0 Å². The van der Waals surface area contributed by atoms with Crippen LogP contribution in [-0.2, 0) is 27.5 Å². The first-order valence-corrected chi connectivity index (χ1v) is 6.24. The van der Waals surface area contributed by atoms with Crippen molar-refractivity contribution in [3.63, 3.8) is 0 Å². The van der Waals surface area contributed by atoms with Crippen molar-refractivity contribution in [2.75, 3.05) is 13.7 Å². The SMILES string of the molecule is COCc1ccc(CN2CC(C(N)=O)CC2=O)cc1. The Labute approximate surface area is 112 Å². The minimum atomic E-state index is -0.397. The van der Waals surface area contributed by atoms with E-state index < -0.39 is 5.91 Å². The lowest BCUT2D eigenvalue weighted by molar-refractivity contribution is -0.128. The lowest BCUT2D eigenvalue weighted by Crippen LogP contribution is -2.28. The van der Waals surface area contributed by atoms with Gasteiger partial charge >= 0.3 is 0 Å². The van der Waals surface area contributed by atoms with Crippen LogP contribution in [0.1, 0.15) is 17.5 Å². The zero-order chi connectivity index (χ0) is 13.8.